The molecule has 0 fully saturated rings. The van der Waals surface area contributed by atoms with E-state index in [0.717, 1.165) is 31.5 Å². The van der Waals surface area contributed by atoms with Crippen molar-refractivity contribution in [1.29, 1.82) is 0 Å². The number of unbranched alkanes of at least 4 members (excludes halogenated alkanes) is 1. The van der Waals surface area contributed by atoms with E-state index in [1.165, 1.54) is 19.3 Å². The van der Waals surface area contributed by atoms with Gasteiger partial charge in [-0.1, -0.05) is 27.2 Å². The lowest BCUT2D eigenvalue weighted by molar-refractivity contribution is 0.573. The normalized spacial score (nSPS) is 11.9. The molecule has 0 amide bonds. The Morgan fingerprint density at radius 3 is 2.47 bits per heavy atom. The second-order valence-corrected chi connectivity index (χ2v) is 4.22. The summed E-state index contributed by atoms with van der Waals surface area (Å²) in [6.45, 7) is 11.6. The van der Waals surface area contributed by atoms with Gasteiger partial charge in [0.2, 0.25) is 0 Å². The Balaban J connectivity index is 3.76. The molecule has 3 nitrogen and oxygen atoms in total. The van der Waals surface area contributed by atoms with Crippen molar-refractivity contribution in [3.05, 3.63) is 0 Å². The first-order valence-corrected chi connectivity index (χ1v) is 6.22. The average Bonchev–Trinajstić information content (AvgIpc) is 2.17. The summed E-state index contributed by atoms with van der Waals surface area (Å²) in [4.78, 5) is 4.49. The van der Waals surface area contributed by atoms with Crippen LogP contribution in [0, 0.1) is 5.92 Å². The third-order valence-corrected chi connectivity index (χ3v) is 2.14. The van der Waals surface area contributed by atoms with Crippen LogP contribution in [0.3, 0.4) is 0 Å². The van der Waals surface area contributed by atoms with Gasteiger partial charge in [0.1, 0.15) is 0 Å². The summed E-state index contributed by atoms with van der Waals surface area (Å²) < 4.78 is 0. The van der Waals surface area contributed by atoms with Crippen LogP contribution in [0.2, 0.25) is 0 Å². The Labute approximate surface area is 94.7 Å². The van der Waals surface area contributed by atoms with Crippen molar-refractivity contribution in [2.45, 2.75) is 47.0 Å². The molecule has 0 aromatic heterocycles. The van der Waals surface area contributed by atoms with Crippen molar-refractivity contribution in [1.82, 2.24) is 10.6 Å². The molecule has 2 N–H and O–H groups in total. The zero-order valence-corrected chi connectivity index (χ0v) is 10.8. The molecule has 0 aliphatic heterocycles. The first-order chi connectivity index (χ1) is 7.20. The smallest absolute Gasteiger partial charge is 0.191 e. The largest absolute Gasteiger partial charge is 0.357 e. The summed E-state index contributed by atoms with van der Waals surface area (Å²) in [5, 5.41) is 6.60. The van der Waals surface area contributed by atoms with Crippen molar-refractivity contribution in [3.63, 3.8) is 0 Å². The Hall–Kier alpha value is -0.730. The van der Waals surface area contributed by atoms with Gasteiger partial charge in [0.05, 0.1) is 0 Å². The molecular formula is C12H27N3. The van der Waals surface area contributed by atoms with E-state index in [0.29, 0.717) is 0 Å². The fourth-order valence-electron chi connectivity index (χ4n) is 1.17. The summed E-state index contributed by atoms with van der Waals surface area (Å²) in [6, 6.07) is 0. The molecule has 0 bridgehead atoms. The van der Waals surface area contributed by atoms with Gasteiger partial charge < -0.3 is 10.6 Å². The van der Waals surface area contributed by atoms with Crippen LogP contribution in [0.5, 0.6) is 0 Å². The second kappa shape index (κ2) is 9.81. The van der Waals surface area contributed by atoms with Crippen LogP contribution < -0.4 is 10.6 Å². The second-order valence-electron chi connectivity index (χ2n) is 4.22. The summed E-state index contributed by atoms with van der Waals surface area (Å²) >= 11 is 0. The minimum Gasteiger partial charge on any atom is -0.357 e. The highest BCUT2D eigenvalue weighted by Crippen LogP contribution is 1.96. The summed E-state index contributed by atoms with van der Waals surface area (Å²) in [5.41, 5.74) is 0. The molecule has 0 rings (SSSR count). The highest BCUT2D eigenvalue weighted by molar-refractivity contribution is 5.79. The van der Waals surface area contributed by atoms with E-state index in [1.807, 2.05) is 0 Å². The maximum Gasteiger partial charge on any atom is 0.191 e. The molecular weight excluding hydrogens is 186 g/mol. The molecule has 0 radical (unpaired) electrons. The molecule has 0 atom stereocenters. The summed E-state index contributed by atoms with van der Waals surface area (Å²) in [5.74, 6) is 1.71. The van der Waals surface area contributed by atoms with Gasteiger partial charge in [-0.3, -0.25) is 4.99 Å². The van der Waals surface area contributed by atoms with Crippen molar-refractivity contribution in [2.24, 2.45) is 10.9 Å². The van der Waals surface area contributed by atoms with E-state index in [-0.39, 0.29) is 0 Å². The van der Waals surface area contributed by atoms with E-state index in [1.54, 1.807) is 0 Å². The SMILES string of the molecule is CCCCN=C(NCC)NCCC(C)C. The summed E-state index contributed by atoms with van der Waals surface area (Å²) in [6.07, 6.45) is 3.56. The van der Waals surface area contributed by atoms with Gasteiger partial charge in [-0.25, -0.2) is 0 Å². The van der Waals surface area contributed by atoms with E-state index < -0.39 is 0 Å². The van der Waals surface area contributed by atoms with Crippen LogP contribution in [0.4, 0.5) is 0 Å². The molecule has 0 heterocycles. The minimum atomic E-state index is 0.746. The first kappa shape index (κ1) is 14.3. The number of nitrogens with one attached hydrogen (secondary N) is 2. The Morgan fingerprint density at radius 2 is 1.93 bits per heavy atom. The maximum absolute atomic E-state index is 4.49. The quantitative estimate of drug-likeness (QED) is 0.387. The highest BCUT2D eigenvalue weighted by atomic mass is 15.2. The lowest BCUT2D eigenvalue weighted by Crippen LogP contribution is -2.38. The summed E-state index contributed by atoms with van der Waals surface area (Å²) in [7, 11) is 0. The third kappa shape index (κ3) is 9.57. The molecule has 3 heteroatoms. The minimum absolute atomic E-state index is 0.746. The number of nitrogens with zero attached hydrogens (tertiary/aromatic N) is 1. The number of hydrogen-bond donors (Lipinski definition) is 2. The van der Waals surface area contributed by atoms with E-state index in [9.17, 15) is 0 Å². The highest BCUT2D eigenvalue weighted by Gasteiger charge is 1.97. The van der Waals surface area contributed by atoms with Gasteiger partial charge in [-0.05, 0) is 25.7 Å². The molecule has 0 saturated carbocycles. The lowest BCUT2D eigenvalue weighted by atomic mass is 10.1. The van der Waals surface area contributed by atoms with Crippen molar-refractivity contribution in [3.8, 4) is 0 Å². The fourth-order valence-corrected chi connectivity index (χ4v) is 1.17. The zero-order chi connectivity index (χ0) is 11.5. The standard InChI is InChI=1S/C12H27N3/c1-5-7-9-14-12(13-6-2)15-10-8-11(3)4/h11H,5-10H2,1-4H3,(H2,13,14,15). The third-order valence-electron chi connectivity index (χ3n) is 2.14. The molecule has 90 valence electrons. The number of aliphatic imine (C=N–C) groups is 1. The van der Waals surface area contributed by atoms with Crippen molar-refractivity contribution < 1.29 is 0 Å². The number of hydrogen-bond acceptors (Lipinski definition) is 1. The molecule has 0 aliphatic carbocycles. The zero-order valence-electron chi connectivity index (χ0n) is 10.8. The van der Waals surface area contributed by atoms with Gasteiger partial charge >= 0.3 is 0 Å². The van der Waals surface area contributed by atoms with Gasteiger partial charge in [0.25, 0.3) is 0 Å². The monoisotopic (exact) mass is 213 g/mol. The van der Waals surface area contributed by atoms with Gasteiger partial charge in [-0.15, -0.1) is 0 Å². The van der Waals surface area contributed by atoms with Crippen molar-refractivity contribution in [2.75, 3.05) is 19.6 Å². The molecule has 0 aliphatic rings. The van der Waals surface area contributed by atoms with Gasteiger partial charge in [0, 0.05) is 19.6 Å². The Morgan fingerprint density at radius 1 is 1.20 bits per heavy atom. The van der Waals surface area contributed by atoms with Crippen LogP contribution in [0.1, 0.15) is 47.0 Å². The maximum atomic E-state index is 4.49. The van der Waals surface area contributed by atoms with Crippen LogP contribution in [-0.4, -0.2) is 25.6 Å². The molecule has 0 unspecified atom stereocenters. The Kier molecular flexibility index (Phi) is 9.33. The van der Waals surface area contributed by atoms with Crippen LogP contribution >= 0.6 is 0 Å². The Bertz CT molecular complexity index is 164. The van der Waals surface area contributed by atoms with Crippen LogP contribution in [0.25, 0.3) is 0 Å². The predicted molar refractivity (Wildman–Crippen MR) is 68.3 cm³/mol. The van der Waals surface area contributed by atoms with Gasteiger partial charge in [-0.2, -0.15) is 0 Å². The molecule has 15 heavy (non-hydrogen) atoms. The molecule has 0 aromatic carbocycles. The fraction of sp³-hybridized carbons (Fsp3) is 0.917. The molecule has 0 aromatic rings. The van der Waals surface area contributed by atoms with E-state index in [2.05, 4.69) is 43.3 Å². The first-order valence-electron chi connectivity index (χ1n) is 6.22. The van der Waals surface area contributed by atoms with E-state index in [4.69, 9.17) is 0 Å². The van der Waals surface area contributed by atoms with Gasteiger partial charge in [0.15, 0.2) is 5.96 Å². The van der Waals surface area contributed by atoms with E-state index >= 15 is 0 Å². The lowest BCUT2D eigenvalue weighted by Gasteiger charge is -2.12. The molecule has 0 saturated heterocycles. The number of rotatable bonds is 7. The predicted octanol–water partition coefficient (Wildman–Crippen LogP) is 2.39. The topological polar surface area (TPSA) is 36.4 Å². The average molecular weight is 213 g/mol. The molecule has 0 spiro atoms. The van der Waals surface area contributed by atoms with Crippen molar-refractivity contribution >= 4 is 5.96 Å². The number of guanidine groups is 1. The van der Waals surface area contributed by atoms with Crippen LogP contribution in [0.15, 0.2) is 4.99 Å². The van der Waals surface area contributed by atoms with Crippen LogP contribution in [-0.2, 0) is 0 Å².